The number of nitrogens with one attached hydrogen (secondary N) is 1. The molecule has 0 aromatic carbocycles. The third kappa shape index (κ3) is 2.53. The van der Waals surface area contributed by atoms with Gasteiger partial charge in [0.1, 0.15) is 6.61 Å². The van der Waals surface area contributed by atoms with Gasteiger partial charge in [0.15, 0.2) is 23.8 Å². The second kappa shape index (κ2) is 4.26. The SMILES string of the molecule is CNC(=O)C1OC(C)(C)OC1C(=O)CO. The second-order valence-corrected chi connectivity index (χ2v) is 3.72. The molecule has 1 heterocycles. The van der Waals surface area contributed by atoms with Crippen molar-refractivity contribution < 1.29 is 24.2 Å². The van der Waals surface area contributed by atoms with Crippen LogP contribution in [0.5, 0.6) is 0 Å². The van der Waals surface area contributed by atoms with Crippen LogP contribution in [0.3, 0.4) is 0 Å². The Bertz CT molecular complexity index is 250. The van der Waals surface area contributed by atoms with Crippen molar-refractivity contribution in [1.82, 2.24) is 5.32 Å². The largest absolute Gasteiger partial charge is 0.388 e. The highest BCUT2D eigenvalue weighted by Gasteiger charge is 2.48. The van der Waals surface area contributed by atoms with Gasteiger partial charge in [0.2, 0.25) is 0 Å². The Labute approximate surface area is 87.5 Å². The summed E-state index contributed by atoms with van der Waals surface area (Å²) in [6, 6.07) is 0. The van der Waals surface area contributed by atoms with E-state index in [4.69, 9.17) is 14.6 Å². The van der Waals surface area contributed by atoms with Crippen molar-refractivity contribution in [2.75, 3.05) is 13.7 Å². The number of hydrogen-bond acceptors (Lipinski definition) is 5. The molecule has 0 bridgehead atoms. The molecular formula is C9H15NO5. The lowest BCUT2D eigenvalue weighted by Crippen LogP contribution is -2.43. The summed E-state index contributed by atoms with van der Waals surface area (Å²) in [5, 5.41) is 11.1. The van der Waals surface area contributed by atoms with Gasteiger partial charge in [-0.25, -0.2) is 0 Å². The van der Waals surface area contributed by atoms with Gasteiger partial charge in [-0.2, -0.15) is 0 Å². The lowest BCUT2D eigenvalue weighted by atomic mass is 10.1. The summed E-state index contributed by atoms with van der Waals surface area (Å²) in [6.07, 6.45) is -2.03. The number of likely N-dealkylation sites (N-methyl/N-ethyl adjacent to an activating group) is 1. The first kappa shape index (κ1) is 12.1. The Morgan fingerprint density at radius 2 is 1.87 bits per heavy atom. The van der Waals surface area contributed by atoms with Gasteiger partial charge in [0, 0.05) is 7.05 Å². The van der Waals surface area contributed by atoms with Crippen LogP contribution < -0.4 is 5.32 Å². The highest BCUT2D eigenvalue weighted by Crippen LogP contribution is 2.28. The molecule has 1 rings (SSSR count). The van der Waals surface area contributed by atoms with Crippen LogP contribution in [0.4, 0.5) is 0 Å². The summed E-state index contributed by atoms with van der Waals surface area (Å²) in [5.41, 5.74) is 0. The Hall–Kier alpha value is -0.980. The maximum atomic E-state index is 11.4. The van der Waals surface area contributed by atoms with E-state index in [1.807, 2.05) is 0 Å². The van der Waals surface area contributed by atoms with Crippen LogP contribution in [0.15, 0.2) is 0 Å². The highest BCUT2D eigenvalue weighted by atomic mass is 16.8. The normalized spacial score (nSPS) is 28.8. The molecule has 15 heavy (non-hydrogen) atoms. The Balaban J connectivity index is 2.83. The zero-order chi connectivity index (χ0) is 11.6. The van der Waals surface area contributed by atoms with Crippen molar-refractivity contribution >= 4 is 11.7 Å². The van der Waals surface area contributed by atoms with E-state index in [9.17, 15) is 9.59 Å². The molecule has 2 N–H and O–H groups in total. The fraction of sp³-hybridized carbons (Fsp3) is 0.778. The quantitative estimate of drug-likeness (QED) is 0.621. The molecule has 0 aliphatic carbocycles. The molecule has 6 nitrogen and oxygen atoms in total. The number of ketones is 1. The molecule has 2 atom stereocenters. The van der Waals surface area contributed by atoms with Gasteiger partial charge >= 0.3 is 0 Å². The molecule has 1 aliphatic heterocycles. The zero-order valence-electron chi connectivity index (χ0n) is 8.94. The van der Waals surface area contributed by atoms with Crippen molar-refractivity contribution in [3.8, 4) is 0 Å². The number of aliphatic hydroxyl groups excluding tert-OH is 1. The molecule has 0 radical (unpaired) electrons. The molecule has 1 fully saturated rings. The maximum absolute atomic E-state index is 11.4. The average molecular weight is 217 g/mol. The first-order chi connectivity index (χ1) is 6.91. The maximum Gasteiger partial charge on any atom is 0.252 e. The monoisotopic (exact) mass is 217 g/mol. The Kier molecular flexibility index (Phi) is 3.43. The highest BCUT2D eigenvalue weighted by molar-refractivity contribution is 5.93. The number of carbonyl (C=O) groups is 2. The lowest BCUT2D eigenvalue weighted by molar-refractivity contribution is -0.159. The first-order valence-electron chi connectivity index (χ1n) is 4.62. The lowest BCUT2D eigenvalue weighted by Gasteiger charge is -2.15. The van der Waals surface area contributed by atoms with Crippen molar-refractivity contribution in [3.63, 3.8) is 0 Å². The number of aliphatic hydroxyl groups is 1. The van der Waals surface area contributed by atoms with Gasteiger partial charge in [0.05, 0.1) is 0 Å². The molecule has 86 valence electrons. The molecule has 0 aromatic heterocycles. The number of carbonyl (C=O) groups excluding carboxylic acids is 2. The first-order valence-corrected chi connectivity index (χ1v) is 4.62. The van der Waals surface area contributed by atoms with Gasteiger partial charge in [-0.15, -0.1) is 0 Å². The summed E-state index contributed by atoms with van der Waals surface area (Å²) in [5.74, 6) is -1.99. The smallest absolute Gasteiger partial charge is 0.252 e. The molecule has 0 aromatic rings. The fourth-order valence-electron chi connectivity index (χ4n) is 1.42. The molecule has 0 saturated carbocycles. The van der Waals surface area contributed by atoms with Crippen molar-refractivity contribution in [2.24, 2.45) is 0 Å². The predicted octanol–water partition coefficient (Wildman–Crippen LogP) is -1.19. The van der Waals surface area contributed by atoms with E-state index in [-0.39, 0.29) is 0 Å². The molecular weight excluding hydrogens is 202 g/mol. The van der Waals surface area contributed by atoms with Crippen molar-refractivity contribution in [3.05, 3.63) is 0 Å². The van der Waals surface area contributed by atoms with Crippen LogP contribution in [0.1, 0.15) is 13.8 Å². The van der Waals surface area contributed by atoms with E-state index >= 15 is 0 Å². The molecule has 1 amide bonds. The third-order valence-electron chi connectivity index (χ3n) is 2.07. The minimum Gasteiger partial charge on any atom is -0.388 e. The standard InChI is InChI=1S/C9H15NO5/c1-9(2)14-6(5(12)4-11)7(15-9)8(13)10-3/h6-7,11H,4H2,1-3H3,(H,10,13). The van der Waals surface area contributed by atoms with Gasteiger partial charge in [-0.05, 0) is 13.8 Å². The molecule has 0 spiro atoms. The average Bonchev–Trinajstić information content (AvgIpc) is 2.52. The molecule has 6 heteroatoms. The predicted molar refractivity (Wildman–Crippen MR) is 50.0 cm³/mol. The van der Waals surface area contributed by atoms with Crippen LogP contribution in [-0.4, -0.2) is 48.4 Å². The van der Waals surface area contributed by atoms with E-state index in [2.05, 4.69) is 5.32 Å². The minimum atomic E-state index is -1.04. The fourth-order valence-corrected chi connectivity index (χ4v) is 1.42. The Morgan fingerprint density at radius 3 is 2.33 bits per heavy atom. The Morgan fingerprint density at radius 1 is 1.33 bits per heavy atom. The summed E-state index contributed by atoms with van der Waals surface area (Å²) in [7, 11) is 1.44. The van der Waals surface area contributed by atoms with Gasteiger partial charge in [-0.1, -0.05) is 0 Å². The topological polar surface area (TPSA) is 84.9 Å². The van der Waals surface area contributed by atoms with Crippen molar-refractivity contribution in [2.45, 2.75) is 31.8 Å². The summed E-state index contributed by atoms with van der Waals surface area (Å²) in [4.78, 5) is 22.7. The molecule has 1 saturated heterocycles. The van der Waals surface area contributed by atoms with Gasteiger partial charge in [0.25, 0.3) is 5.91 Å². The van der Waals surface area contributed by atoms with Crippen LogP contribution in [0, 0.1) is 0 Å². The molecule has 2 unspecified atom stereocenters. The van der Waals surface area contributed by atoms with Crippen LogP contribution in [-0.2, 0) is 19.1 Å². The number of amides is 1. The van der Waals surface area contributed by atoms with Gasteiger partial charge < -0.3 is 19.9 Å². The summed E-state index contributed by atoms with van der Waals surface area (Å²) < 4.78 is 10.5. The van der Waals surface area contributed by atoms with Crippen LogP contribution >= 0.6 is 0 Å². The number of Topliss-reactive ketones (excluding diaryl/α,β-unsaturated/α-hetero) is 1. The minimum absolute atomic E-state index is 0.438. The van der Waals surface area contributed by atoms with E-state index in [1.54, 1.807) is 13.8 Å². The van der Waals surface area contributed by atoms with Crippen molar-refractivity contribution in [1.29, 1.82) is 0 Å². The summed E-state index contributed by atoms with van der Waals surface area (Å²) >= 11 is 0. The van der Waals surface area contributed by atoms with Crippen LogP contribution in [0.25, 0.3) is 0 Å². The van der Waals surface area contributed by atoms with E-state index in [1.165, 1.54) is 7.05 Å². The number of ether oxygens (including phenoxy) is 2. The number of rotatable bonds is 3. The van der Waals surface area contributed by atoms with E-state index in [0.29, 0.717) is 0 Å². The van der Waals surface area contributed by atoms with Crippen LogP contribution in [0.2, 0.25) is 0 Å². The zero-order valence-corrected chi connectivity index (χ0v) is 8.94. The third-order valence-corrected chi connectivity index (χ3v) is 2.07. The van der Waals surface area contributed by atoms with Gasteiger partial charge in [-0.3, -0.25) is 9.59 Å². The molecule has 1 aliphatic rings. The number of hydrogen-bond donors (Lipinski definition) is 2. The van der Waals surface area contributed by atoms with E-state index in [0.717, 1.165) is 0 Å². The second-order valence-electron chi connectivity index (χ2n) is 3.72. The summed E-state index contributed by atoms with van der Waals surface area (Å²) in [6.45, 7) is 2.54. The van der Waals surface area contributed by atoms with E-state index < -0.39 is 36.3 Å².